The number of fused-ring (bicyclic) bond motifs is 1. The van der Waals surface area contributed by atoms with Gasteiger partial charge in [-0.1, -0.05) is 6.07 Å². The molecule has 0 unspecified atom stereocenters. The molecule has 0 saturated heterocycles. The summed E-state index contributed by atoms with van der Waals surface area (Å²) >= 11 is 0. The highest BCUT2D eigenvalue weighted by Gasteiger charge is 2.45. The molecule has 1 fully saturated rings. The van der Waals surface area contributed by atoms with Gasteiger partial charge in [-0.05, 0) is 30.5 Å². The summed E-state index contributed by atoms with van der Waals surface area (Å²) in [6.45, 7) is 1.03. The molecule has 1 aromatic carbocycles. The van der Waals surface area contributed by atoms with Crippen LogP contribution >= 0.6 is 0 Å². The third-order valence-corrected chi connectivity index (χ3v) is 3.79. The first-order chi connectivity index (χ1) is 8.75. The van der Waals surface area contributed by atoms with E-state index in [-0.39, 0.29) is 11.2 Å². The molecule has 2 aliphatic rings. The van der Waals surface area contributed by atoms with Crippen LogP contribution in [-0.2, 0) is 15.2 Å². The van der Waals surface area contributed by atoms with Crippen molar-refractivity contribution >= 4 is 5.78 Å². The van der Waals surface area contributed by atoms with E-state index in [4.69, 9.17) is 9.62 Å². The van der Waals surface area contributed by atoms with Gasteiger partial charge in [0.2, 0.25) is 0 Å². The Bertz CT molecular complexity index is 477. The number of benzene rings is 1. The third kappa shape index (κ3) is 1.91. The van der Waals surface area contributed by atoms with Crippen LogP contribution in [0.1, 0.15) is 35.2 Å². The van der Waals surface area contributed by atoms with Gasteiger partial charge in [-0.25, -0.2) is 9.78 Å². The monoisotopic (exact) mass is 248 g/mol. The molecule has 1 heterocycles. The van der Waals surface area contributed by atoms with Crippen molar-refractivity contribution < 1.29 is 19.3 Å². The molecule has 3 rings (SSSR count). The molecule has 4 heteroatoms. The Hall–Kier alpha value is -1.39. The molecule has 96 valence electrons. The zero-order chi connectivity index (χ0) is 12.6. The molecule has 0 N–H and O–H groups in total. The van der Waals surface area contributed by atoms with E-state index in [0.29, 0.717) is 30.9 Å². The van der Waals surface area contributed by atoms with Crippen molar-refractivity contribution in [3.8, 4) is 5.75 Å². The van der Waals surface area contributed by atoms with Gasteiger partial charge in [0, 0.05) is 11.8 Å². The van der Waals surface area contributed by atoms with Crippen LogP contribution in [0.25, 0.3) is 0 Å². The van der Waals surface area contributed by atoms with Gasteiger partial charge in [-0.3, -0.25) is 4.79 Å². The molecule has 0 radical (unpaired) electrons. The summed E-state index contributed by atoms with van der Waals surface area (Å²) < 4.78 is 5.49. The minimum atomic E-state index is 0.0305. The number of ketones is 1. The summed E-state index contributed by atoms with van der Waals surface area (Å²) in [7, 11) is 1.51. The van der Waals surface area contributed by atoms with E-state index < -0.39 is 0 Å². The van der Waals surface area contributed by atoms with E-state index in [1.54, 1.807) is 0 Å². The highest BCUT2D eigenvalue weighted by Crippen LogP contribution is 2.49. The van der Waals surface area contributed by atoms with Gasteiger partial charge in [0.05, 0.1) is 25.9 Å². The number of hydrogen-bond acceptors (Lipinski definition) is 4. The summed E-state index contributed by atoms with van der Waals surface area (Å²) in [4.78, 5) is 21.6. The topological polar surface area (TPSA) is 44.8 Å². The van der Waals surface area contributed by atoms with Gasteiger partial charge < -0.3 is 4.74 Å². The zero-order valence-electron chi connectivity index (χ0n) is 10.4. The molecule has 0 aromatic heterocycles. The van der Waals surface area contributed by atoms with Crippen LogP contribution < -0.4 is 4.74 Å². The Morgan fingerprint density at radius 2 is 2.22 bits per heavy atom. The number of Topliss-reactive ketones (excluding diaryl/α,β-unsaturated/α-hetero) is 1. The van der Waals surface area contributed by atoms with Gasteiger partial charge in [0.1, 0.15) is 5.75 Å². The van der Waals surface area contributed by atoms with E-state index >= 15 is 0 Å². The second-order valence-corrected chi connectivity index (χ2v) is 4.94. The maximum absolute atomic E-state index is 11.9. The lowest BCUT2D eigenvalue weighted by Gasteiger charge is -2.20. The van der Waals surface area contributed by atoms with Crippen LogP contribution in [0, 0.1) is 0 Å². The Labute approximate surface area is 106 Å². The number of hydrogen-bond donors (Lipinski definition) is 0. The molecule has 18 heavy (non-hydrogen) atoms. The Kier molecular flexibility index (Phi) is 2.84. The highest BCUT2D eigenvalue weighted by molar-refractivity contribution is 5.99. The summed E-state index contributed by atoms with van der Waals surface area (Å²) in [5.74, 6) is 0.875. The number of carbonyl (C=O) groups excluding carboxylic acids is 1. The van der Waals surface area contributed by atoms with Crippen molar-refractivity contribution in [2.75, 3.05) is 20.3 Å². The van der Waals surface area contributed by atoms with Crippen LogP contribution in [0.3, 0.4) is 0 Å². The zero-order valence-corrected chi connectivity index (χ0v) is 10.4. The average Bonchev–Trinajstić information content (AvgIpc) is 3.18. The molecule has 1 aromatic rings. The molecule has 0 amide bonds. The van der Waals surface area contributed by atoms with Gasteiger partial charge in [0.15, 0.2) is 5.78 Å². The predicted octanol–water partition coefficient (Wildman–Crippen LogP) is 2.26. The summed E-state index contributed by atoms with van der Waals surface area (Å²) in [6, 6.07) is 5.89. The quantitative estimate of drug-likeness (QED) is 0.605. The lowest BCUT2D eigenvalue weighted by atomic mass is 9.92. The van der Waals surface area contributed by atoms with E-state index in [9.17, 15) is 4.79 Å². The first-order valence-corrected chi connectivity index (χ1v) is 6.21. The van der Waals surface area contributed by atoms with Crippen LogP contribution in [0.5, 0.6) is 5.75 Å². The molecule has 1 aliphatic carbocycles. The SMILES string of the molecule is COOCC1(c2ccc3c(c2)C(=O)CCO3)CC1. The highest BCUT2D eigenvalue weighted by atomic mass is 17.2. The van der Waals surface area contributed by atoms with Crippen molar-refractivity contribution in [3.05, 3.63) is 29.3 Å². The van der Waals surface area contributed by atoms with Crippen LogP contribution in [0.4, 0.5) is 0 Å². The minimum Gasteiger partial charge on any atom is -0.492 e. The van der Waals surface area contributed by atoms with Gasteiger partial charge in [0.25, 0.3) is 0 Å². The van der Waals surface area contributed by atoms with Gasteiger partial charge >= 0.3 is 0 Å². The largest absolute Gasteiger partial charge is 0.492 e. The average molecular weight is 248 g/mol. The molecular weight excluding hydrogens is 232 g/mol. The Morgan fingerprint density at radius 1 is 1.39 bits per heavy atom. The number of ether oxygens (including phenoxy) is 1. The summed E-state index contributed by atoms with van der Waals surface area (Å²) in [5, 5.41) is 0. The van der Waals surface area contributed by atoms with Gasteiger partial charge in [-0.15, -0.1) is 0 Å². The molecular formula is C14H16O4. The number of carbonyl (C=O) groups is 1. The van der Waals surface area contributed by atoms with E-state index in [1.165, 1.54) is 7.11 Å². The van der Waals surface area contributed by atoms with Crippen molar-refractivity contribution in [1.82, 2.24) is 0 Å². The predicted molar refractivity (Wildman–Crippen MR) is 64.8 cm³/mol. The Morgan fingerprint density at radius 3 is 2.94 bits per heavy atom. The van der Waals surface area contributed by atoms with E-state index in [0.717, 1.165) is 18.4 Å². The molecule has 0 atom stereocenters. The first-order valence-electron chi connectivity index (χ1n) is 6.21. The third-order valence-electron chi connectivity index (χ3n) is 3.79. The fourth-order valence-electron chi connectivity index (χ4n) is 2.43. The van der Waals surface area contributed by atoms with Gasteiger partial charge in [-0.2, -0.15) is 0 Å². The normalized spacial score (nSPS) is 20.2. The van der Waals surface area contributed by atoms with E-state index in [1.807, 2.05) is 18.2 Å². The van der Waals surface area contributed by atoms with Crippen molar-refractivity contribution in [2.45, 2.75) is 24.7 Å². The van der Waals surface area contributed by atoms with E-state index in [2.05, 4.69) is 4.89 Å². The summed E-state index contributed by atoms with van der Waals surface area (Å²) in [5.41, 5.74) is 1.89. The second kappa shape index (κ2) is 4.37. The minimum absolute atomic E-state index is 0.0305. The summed E-state index contributed by atoms with van der Waals surface area (Å²) in [6.07, 6.45) is 2.62. The molecule has 1 aliphatic heterocycles. The molecule has 0 bridgehead atoms. The second-order valence-electron chi connectivity index (χ2n) is 4.94. The molecule has 1 saturated carbocycles. The lowest BCUT2D eigenvalue weighted by molar-refractivity contribution is -0.277. The molecule has 4 nitrogen and oxygen atoms in total. The maximum atomic E-state index is 11.9. The lowest BCUT2D eigenvalue weighted by Crippen LogP contribution is -2.19. The Balaban J connectivity index is 1.90. The van der Waals surface area contributed by atoms with Crippen molar-refractivity contribution in [1.29, 1.82) is 0 Å². The fraction of sp³-hybridized carbons (Fsp3) is 0.500. The molecule has 0 spiro atoms. The van der Waals surface area contributed by atoms with Crippen LogP contribution in [0.15, 0.2) is 18.2 Å². The first kappa shape index (κ1) is 11.7. The van der Waals surface area contributed by atoms with Crippen LogP contribution in [-0.4, -0.2) is 26.1 Å². The fourth-order valence-corrected chi connectivity index (χ4v) is 2.43. The smallest absolute Gasteiger partial charge is 0.170 e. The van der Waals surface area contributed by atoms with Crippen LogP contribution in [0.2, 0.25) is 0 Å². The number of rotatable bonds is 4. The standard InChI is InChI=1S/C14H16O4/c1-16-18-9-14(5-6-14)10-2-3-13-11(8-10)12(15)4-7-17-13/h2-3,8H,4-7,9H2,1H3. The van der Waals surface area contributed by atoms with Crippen molar-refractivity contribution in [2.24, 2.45) is 0 Å². The maximum Gasteiger partial charge on any atom is 0.170 e. The van der Waals surface area contributed by atoms with Crippen molar-refractivity contribution in [3.63, 3.8) is 0 Å².